The zero-order chi connectivity index (χ0) is 21.7. The summed E-state index contributed by atoms with van der Waals surface area (Å²) in [5, 5.41) is 3.27. The molecule has 8 heteroatoms. The summed E-state index contributed by atoms with van der Waals surface area (Å²) in [6, 6.07) is 19.6. The first kappa shape index (κ1) is 22.5. The van der Waals surface area contributed by atoms with Crippen molar-refractivity contribution in [3.05, 3.63) is 93.4 Å². The lowest BCUT2D eigenvalue weighted by Crippen LogP contribution is -2.45. The number of hydrogen-bond acceptors (Lipinski definition) is 3. The van der Waals surface area contributed by atoms with Gasteiger partial charge in [-0.15, -0.1) is 0 Å². The van der Waals surface area contributed by atoms with Crippen LogP contribution in [0.3, 0.4) is 0 Å². The Hall–Kier alpha value is -2.19. The van der Waals surface area contributed by atoms with Crippen molar-refractivity contribution in [3.63, 3.8) is 0 Å². The fourth-order valence-electron chi connectivity index (χ4n) is 2.86. The van der Waals surface area contributed by atoms with Crippen molar-refractivity contribution >= 4 is 49.1 Å². The molecule has 3 aromatic carbocycles. The van der Waals surface area contributed by atoms with Crippen molar-refractivity contribution in [3.8, 4) is 0 Å². The maximum absolute atomic E-state index is 13.1. The Labute approximate surface area is 189 Å². The molecule has 1 amide bonds. The molecule has 0 radical (unpaired) electrons. The van der Waals surface area contributed by atoms with Gasteiger partial charge >= 0.3 is 0 Å². The maximum atomic E-state index is 13.1. The Bertz CT molecular complexity index is 1140. The van der Waals surface area contributed by atoms with E-state index in [0.29, 0.717) is 10.7 Å². The number of hydrogen-bond donors (Lipinski definition) is 2. The minimum atomic E-state index is -3.91. The molecular formula is C22H20BrClN2O3S. The molecule has 0 aromatic heterocycles. The second-order valence-electron chi connectivity index (χ2n) is 6.77. The predicted octanol–water partition coefficient (Wildman–Crippen LogP) is 4.94. The average molecular weight is 508 g/mol. The van der Waals surface area contributed by atoms with Gasteiger partial charge in [0, 0.05) is 15.2 Å². The fraction of sp³-hybridized carbons (Fsp3) is 0.136. The summed E-state index contributed by atoms with van der Waals surface area (Å²) in [5.74, 6) is -0.468. The van der Waals surface area contributed by atoms with Crippen molar-refractivity contribution < 1.29 is 13.2 Å². The lowest BCUT2D eigenvalue weighted by atomic mass is 10.1. The van der Waals surface area contributed by atoms with E-state index >= 15 is 0 Å². The molecule has 0 unspecified atom stereocenters. The van der Waals surface area contributed by atoms with Crippen LogP contribution < -0.4 is 10.0 Å². The Morgan fingerprint density at radius 2 is 1.70 bits per heavy atom. The van der Waals surface area contributed by atoms with Crippen LogP contribution in [0.15, 0.2) is 82.2 Å². The molecule has 156 valence electrons. The van der Waals surface area contributed by atoms with Crippen LogP contribution in [0.2, 0.25) is 5.02 Å². The van der Waals surface area contributed by atoms with Crippen LogP contribution in [0, 0.1) is 6.92 Å². The Morgan fingerprint density at radius 3 is 2.37 bits per heavy atom. The molecule has 0 heterocycles. The molecule has 0 aliphatic carbocycles. The summed E-state index contributed by atoms with van der Waals surface area (Å²) in [7, 11) is -3.91. The third-order valence-electron chi connectivity index (χ3n) is 4.48. The van der Waals surface area contributed by atoms with E-state index < -0.39 is 22.0 Å². The van der Waals surface area contributed by atoms with Crippen LogP contribution in [-0.2, 0) is 21.2 Å². The van der Waals surface area contributed by atoms with Gasteiger partial charge in [0.25, 0.3) is 0 Å². The third kappa shape index (κ3) is 5.92. The number of carbonyl (C=O) groups excluding carboxylic acids is 1. The summed E-state index contributed by atoms with van der Waals surface area (Å²) < 4.78 is 29.1. The van der Waals surface area contributed by atoms with E-state index in [2.05, 4.69) is 26.0 Å². The van der Waals surface area contributed by atoms with E-state index in [4.69, 9.17) is 11.6 Å². The van der Waals surface area contributed by atoms with Gasteiger partial charge in [0.2, 0.25) is 15.9 Å². The van der Waals surface area contributed by atoms with Gasteiger partial charge in [0.05, 0.1) is 4.90 Å². The SMILES string of the molecule is Cc1ccc(Cl)cc1NC(=O)[C@@H](Cc1ccccc1)NS(=O)(=O)c1ccc(Br)cc1. The molecule has 3 aromatic rings. The zero-order valence-electron chi connectivity index (χ0n) is 16.1. The van der Waals surface area contributed by atoms with Crippen molar-refractivity contribution in [2.24, 2.45) is 0 Å². The van der Waals surface area contributed by atoms with Gasteiger partial charge in [-0.1, -0.05) is 63.9 Å². The lowest BCUT2D eigenvalue weighted by Gasteiger charge is -2.20. The first-order valence-electron chi connectivity index (χ1n) is 9.13. The molecule has 30 heavy (non-hydrogen) atoms. The molecule has 0 bridgehead atoms. The van der Waals surface area contributed by atoms with Crippen LogP contribution in [0.1, 0.15) is 11.1 Å². The second kappa shape index (κ2) is 9.75. The van der Waals surface area contributed by atoms with Gasteiger partial charge in [-0.25, -0.2) is 8.42 Å². The summed E-state index contributed by atoms with van der Waals surface area (Å²) in [4.78, 5) is 13.1. The highest BCUT2D eigenvalue weighted by atomic mass is 79.9. The average Bonchev–Trinajstić information content (AvgIpc) is 2.71. The highest BCUT2D eigenvalue weighted by molar-refractivity contribution is 9.10. The number of anilines is 1. The Balaban J connectivity index is 1.88. The highest BCUT2D eigenvalue weighted by Crippen LogP contribution is 2.21. The Morgan fingerprint density at radius 1 is 1.03 bits per heavy atom. The molecule has 0 saturated heterocycles. The number of aryl methyl sites for hydroxylation is 1. The molecule has 0 aliphatic heterocycles. The molecule has 0 aliphatic rings. The van der Waals surface area contributed by atoms with Gasteiger partial charge in [0.1, 0.15) is 6.04 Å². The standard InChI is InChI=1S/C22H20BrClN2O3S/c1-15-7-10-18(24)14-20(15)25-22(27)21(13-16-5-3-2-4-6-16)26-30(28,29)19-11-8-17(23)9-12-19/h2-12,14,21,26H,13H2,1H3,(H,25,27)/t21-/m1/s1. The van der Waals surface area contributed by atoms with Gasteiger partial charge < -0.3 is 5.32 Å². The summed E-state index contributed by atoms with van der Waals surface area (Å²) in [5.41, 5.74) is 2.19. The largest absolute Gasteiger partial charge is 0.324 e. The smallest absolute Gasteiger partial charge is 0.242 e. The quantitative estimate of drug-likeness (QED) is 0.476. The van der Waals surface area contributed by atoms with E-state index in [9.17, 15) is 13.2 Å². The molecule has 5 nitrogen and oxygen atoms in total. The molecule has 0 saturated carbocycles. The fourth-order valence-corrected chi connectivity index (χ4v) is 4.49. The number of nitrogens with one attached hydrogen (secondary N) is 2. The van der Waals surface area contributed by atoms with E-state index in [1.54, 1.807) is 30.3 Å². The van der Waals surface area contributed by atoms with Gasteiger partial charge in [-0.2, -0.15) is 4.72 Å². The molecule has 2 N–H and O–H groups in total. The summed E-state index contributed by atoms with van der Waals surface area (Å²) in [6.45, 7) is 1.84. The monoisotopic (exact) mass is 506 g/mol. The van der Waals surface area contributed by atoms with E-state index in [-0.39, 0.29) is 11.3 Å². The van der Waals surface area contributed by atoms with Crippen LogP contribution in [0.25, 0.3) is 0 Å². The van der Waals surface area contributed by atoms with Gasteiger partial charge in [0.15, 0.2) is 0 Å². The summed E-state index contributed by atoms with van der Waals surface area (Å²) in [6.07, 6.45) is 0.196. The normalized spacial score (nSPS) is 12.4. The predicted molar refractivity (Wildman–Crippen MR) is 123 cm³/mol. The van der Waals surface area contributed by atoms with Crippen molar-refractivity contribution in [1.29, 1.82) is 0 Å². The van der Waals surface area contributed by atoms with Crippen LogP contribution in [0.5, 0.6) is 0 Å². The Kier molecular flexibility index (Phi) is 7.31. The second-order valence-corrected chi connectivity index (χ2v) is 9.83. The molecular weight excluding hydrogens is 488 g/mol. The molecule has 0 spiro atoms. The van der Waals surface area contributed by atoms with Crippen molar-refractivity contribution in [2.75, 3.05) is 5.32 Å². The molecule has 0 fully saturated rings. The topological polar surface area (TPSA) is 75.3 Å². The van der Waals surface area contributed by atoms with Crippen LogP contribution in [-0.4, -0.2) is 20.4 Å². The molecule has 3 rings (SSSR count). The number of sulfonamides is 1. The van der Waals surface area contributed by atoms with Crippen molar-refractivity contribution in [2.45, 2.75) is 24.3 Å². The lowest BCUT2D eigenvalue weighted by molar-refractivity contribution is -0.117. The summed E-state index contributed by atoms with van der Waals surface area (Å²) >= 11 is 9.33. The number of carbonyl (C=O) groups is 1. The molecule has 1 atom stereocenters. The van der Waals surface area contributed by atoms with Crippen LogP contribution in [0.4, 0.5) is 5.69 Å². The highest BCUT2D eigenvalue weighted by Gasteiger charge is 2.26. The first-order valence-corrected chi connectivity index (χ1v) is 11.8. The number of amides is 1. The van der Waals surface area contributed by atoms with E-state index in [1.165, 1.54) is 12.1 Å². The maximum Gasteiger partial charge on any atom is 0.242 e. The van der Waals surface area contributed by atoms with Gasteiger partial charge in [-0.3, -0.25) is 4.79 Å². The van der Waals surface area contributed by atoms with E-state index in [0.717, 1.165) is 15.6 Å². The van der Waals surface area contributed by atoms with E-state index in [1.807, 2.05) is 37.3 Å². The number of benzene rings is 3. The third-order valence-corrected chi connectivity index (χ3v) is 6.73. The zero-order valence-corrected chi connectivity index (χ0v) is 19.3. The number of halogens is 2. The minimum Gasteiger partial charge on any atom is -0.324 e. The van der Waals surface area contributed by atoms with Crippen molar-refractivity contribution in [1.82, 2.24) is 4.72 Å². The van der Waals surface area contributed by atoms with Crippen LogP contribution >= 0.6 is 27.5 Å². The first-order chi connectivity index (χ1) is 14.2. The van der Waals surface area contributed by atoms with Gasteiger partial charge in [-0.05, 0) is 60.9 Å². The minimum absolute atomic E-state index is 0.0792. The number of rotatable bonds is 7.